The van der Waals surface area contributed by atoms with Crippen LogP contribution in [0.15, 0.2) is 54.6 Å². The van der Waals surface area contributed by atoms with Gasteiger partial charge in [-0.3, -0.25) is 9.59 Å². The van der Waals surface area contributed by atoms with Crippen LogP contribution >= 0.6 is 0 Å². The highest BCUT2D eigenvalue weighted by molar-refractivity contribution is 5.97. The molecule has 28 heavy (non-hydrogen) atoms. The number of carbonyl (C=O) groups is 2. The Morgan fingerprint density at radius 1 is 1.04 bits per heavy atom. The van der Waals surface area contributed by atoms with Gasteiger partial charge in [-0.15, -0.1) is 0 Å². The Hall–Kier alpha value is -2.62. The second-order valence-corrected chi connectivity index (χ2v) is 8.55. The number of hydrogen-bond donors (Lipinski definition) is 1. The van der Waals surface area contributed by atoms with Gasteiger partial charge in [0.25, 0.3) is 5.91 Å². The third-order valence-electron chi connectivity index (χ3n) is 5.34. The second kappa shape index (κ2) is 8.59. The zero-order valence-electron chi connectivity index (χ0n) is 17.1. The maximum atomic E-state index is 13.4. The quantitative estimate of drug-likeness (QED) is 0.862. The molecule has 2 aromatic rings. The first kappa shape index (κ1) is 20.1. The smallest absolute Gasteiger partial charge is 0.254 e. The SMILES string of the molecule is CC(C)(C)c1ccc(C(=O)N(Cc2ccccc2)C2CCCCNC2=O)cc1. The largest absolute Gasteiger partial charge is 0.354 e. The maximum absolute atomic E-state index is 13.4. The molecule has 1 heterocycles. The first-order valence-corrected chi connectivity index (χ1v) is 10.1. The predicted octanol–water partition coefficient (Wildman–Crippen LogP) is 4.30. The molecule has 1 saturated heterocycles. The van der Waals surface area contributed by atoms with Gasteiger partial charge in [0.1, 0.15) is 6.04 Å². The van der Waals surface area contributed by atoms with Crippen LogP contribution in [0.25, 0.3) is 0 Å². The molecule has 0 saturated carbocycles. The molecule has 2 amide bonds. The van der Waals surface area contributed by atoms with Crippen LogP contribution in [0.3, 0.4) is 0 Å². The number of nitrogens with zero attached hydrogens (tertiary/aromatic N) is 1. The van der Waals surface area contributed by atoms with Crippen LogP contribution in [0.5, 0.6) is 0 Å². The fourth-order valence-electron chi connectivity index (χ4n) is 3.60. The Kier molecular flexibility index (Phi) is 6.18. The Morgan fingerprint density at radius 3 is 2.36 bits per heavy atom. The predicted molar refractivity (Wildman–Crippen MR) is 112 cm³/mol. The molecule has 0 radical (unpaired) electrons. The van der Waals surface area contributed by atoms with Gasteiger partial charge >= 0.3 is 0 Å². The summed E-state index contributed by atoms with van der Waals surface area (Å²) in [6, 6.07) is 17.2. The molecule has 1 fully saturated rings. The highest BCUT2D eigenvalue weighted by atomic mass is 16.2. The Bertz CT molecular complexity index is 807. The number of amides is 2. The van der Waals surface area contributed by atoms with Crippen LogP contribution in [0.1, 0.15) is 61.5 Å². The van der Waals surface area contributed by atoms with Gasteiger partial charge < -0.3 is 10.2 Å². The lowest BCUT2D eigenvalue weighted by Crippen LogP contribution is -2.48. The molecule has 1 unspecified atom stereocenters. The molecular formula is C24H30N2O2. The van der Waals surface area contributed by atoms with Crippen LogP contribution in [-0.2, 0) is 16.8 Å². The molecule has 148 valence electrons. The molecule has 3 rings (SSSR count). The normalized spacial score (nSPS) is 17.5. The average Bonchev–Trinajstić information content (AvgIpc) is 2.90. The molecular weight excluding hydrogens is 348 g/mol. The van der Waals surface area contributed by atoms with E-state index in [-0.39, 0.29) is 17.2 Å². The van der Waals surface area contributed by atoms with E-state index in [1.54, 1.807) is 4.90 Å². The summed E-state index contributed by atoms with van der Waals surface area (Å²) in [5.41, 5.74) is 2.87. The Morgan fingerprint density at radius 2 is 1.71 bits per heavy atom. The summed E-state index contributed by atoms with van der Waals surface area (Å²) in [4.78, 5) is 27.8. The van der Waals surface area contributed by atoms with Gasteiger partial charge in [0.15, 0.2) is 0 Å². The maximum Gasteiger partial charge on any atom is 0.254 e. The number of rotatable bonds is 4. The van der Waals surface area contributed by atoms with Gasteiger partial charge in [-0.25, -0.2) is 0 Å². The fourth-order valence-corrected chi connectivity index (χ4v) is 3.60. The van der Waals surface area contributed by atoms with E-state index < -0.39 is 6.04 Å². The lowest BCUT2D eigenvalue weighted by atomic mass is 9.86. The molecule has 4 nitrogen and oxygen atoms in total. The Labute approximate surface area is 167 Å². The van der Waals surface area contributed by atoms with E-state index in [4.69, 9.17) is 0 Å². The molecule has 2 aromatic carbocycles. The van der Waals surface area contributed by atoms with E-state index >= 15 is 0 Å². The number of hydrogen-bond acceptors (Lipinski definition) is 2. The van der Waals surface area contributed by atoms with Gasteiger partial charge in [0, 0.05) is 18.7 Å². The summed E-state index contributed by atoms with van der Waals surface area (Å²) in [5.74, 6) is -0.139. The standard InChI is InChI=1S/C24H30N2O2/c1-24(2,3)20-14-12-19(13-15-20)23(28)26(17-18-9-5-4-6-10-18)21-11-7-8-16-25-22(21)27/h4-6,9-10,12-15,21H,7-8,11,16-17H2,1-3H3,(H,25,27). The summed E-state index contributed by atoms with van der Waals surface area (Å²) in [5, 5.41) is 2.96. The van der Waals surface area contributed by atoms with Crippen molar-refractivity contribution in [1.82, 2.24) is 10.2 Å². The van der Waals surface area contributed by atoms with Gasteiger partial charge in [-0.05, 0) is 47.9 Å². The van der Waals surface area contributed by atoms with Gasteiger partial charge in [-0.1, -0.05) is 63.2 Å². The van der Waals surface area contributed by atoms with Crippen molar-refractivity contribution in [2.45, 2.75) is 58.0 Å². The molecule has 1 atom stereocenters. The van der Waals surface area contributed by atoms with Crippen molar-refractivity contribution in [2.24, 2.45) is 0 Å². The van der Waals surface area contributed by atoms with Crippen LogP contribution in [-0.4, -0.2) is 29.3 Å². The summed E-state index contributed by atoms with van der Waals surface area (Å²) < 4.78 is 0. The summed E-state index contributed by atoms with van der Waals surface area (Å²) in [7, 11) is 0. The zero-order chi connectivity index (χ0) is 20.1. The van der Waals surface area contributed by atoms with Crippen molar-refractivity contribution in [3.8, 4) is 0 Å². The Balaban J connectivity index is 1.90. The minimum Gasteiger partial charge on any atom is -0.354 e. The van der Waals surface area contributed by atoms with Crippen molar-refractivity contribution in [2.75, 3.05) is 6.54 Å². The molecule has 0 bridgehead atoms. The van der Waals surface area contributed by atoms with Gasteiger partial charge in [0.2, 0.25) is 5.91 Å². The molecule has 1 N–H and O–H groups in total. The molecule has 1 aliphatic rings. The number of carbonyl (C=O) groups excluding carboxylic acids is 2. The highest BCUT2D eigenvalue weighted by Gasteiger charge is 2.31. The zero-order valence-corrected chi connectivity index (χ0v) is 17.1. The van der Waals surface area contributed by atoms with Crippen LogP contribution in [0, 0.1) is 0 Å². The molecule has 1 aliphatic heterocycles. The lowest BCUT2D eigenvalue weighted by Gasteiger charge is -2.30. The van der Waals surface area contributed by atoms with Crippen molar-refractivity contribution < 1.29 is 9.59 Å². The van der Waals surface area contributed by atoms with E-state index in [1.165, 1.54) is 5.56 Å². The van der Waals surface area contributed by atoms with Crippen LogP contribution in [0.2, 0.25) is 0 Å². The molecule has 0 aromatic heterocycles. The monoisotopic (exact) mass is 378 g/mol. The number of nitrogens with one attached hydrogen (secondary N) is 1. The third kappa shape index (κ3) is 4.80. The van der Waals surface area contributed by atoms with Crippen molar-refractivity contribution in [3.05, 3.63) is 71.3 Å². The summed E-state index contributed by atoms with van der Waals surface area (Å²) >= 11 is 0. The second-order valence-electron chi connectivity index (χ2n) is 8.55. The number of benzene rings is 2. The van der Waals surface area contributed by atoms with Gasteiger partial charge in [-0.2, -0.15) is 0 Å². The topological polar surface area (TPSA) is 49.4 Å². The van der Waals surface area contributed by atoms with Crippen LogP contribution < -0.4 is 5.32 Å². The van der Waals surface area contributed by atoms with Crippen molar-refractivity contribution in [1.29, 1.82) is 0 Å². The summed E-state index contributed by atoms with van der Waals surface area (Å²) in [6.07, 6.45) is 2.59. The first-order chi connectivity index (χ1) is 13.4. The lowest BCUT2D eigenvalue weighted by molar-refractivity contribution is -0.125. The van der Waals surface area contributed by atoms with Crippen LogP contribution in [0.4, 0.5) is 0 Å². The average molecular weight is 379 g/mol. The van der Waals surface area contributed by atoms with E-state index in [1.807, 2.05) is 54.6 Å². The molecule has 4 heteroatoms. The fraction of sp³-hybridized carbons (Fsp3) is 0.417. The van der Waals surface area contributed by atoms with E-state index in [9.17, 15) is 9.59 Å². The minimum absolute atomic E-state index is 0.0342. The van der Waals surface area contributed by atoms with Crippen molar-refractivity contribution in [3.63, 3.8) is 0 Å². The molecule has 0 spiro atoms. The van der Waals surface area contributed by atoms with E-state index in [0.29, 0.717) is 25.1 Å². The van der Waals surface area contributed by atoms with Crippen molar-refractivity contribution >= 4 is 11.8 Å². The van der Waals surface area contributed by atoms with Gasteiger partial charge in [0.05, 0.1) is 0 Å². The molecule has 0 aliphatic carbocycles. The van der Waals surface area contributed by atoms with E-state index in [0.717, 1.165) is 18.4 Å². The highest BCUT2D eigenvalue weighted by Crippen LogP contribution is 2.24. The van der Waals surface area contributed by atoms with E-state index in [2.05, 4.69) is 26.1 Å². The first-order valence-electron chi connectivity index (χ1n) is 10.1. The minimum atomic E-state index is -0.433. The third-order valence-corrected chi connectivity index (χ3v) is 5.34. The summed E-state index contributed by atoms with van der Waals surface area (Å²) in [6.45, 7) is 7.58.